The van der Waals surface area contributed by atoms with Crippen molar-refractivity contribution in [1.29, 1.82) is 0 Å². The van der Waals surface area contributed by atoms with Gasteiger partial charge in [-0.25, -0.2) is 4.84 Å². The minimum Gasteiger partial charge on any atom is -0.326 e. The van der Waals surface area contributed by atoms with Crippen LogP contribution in [-0.4, -0.2) is 12.1 Å². The molecular weight excluding hydrogens is 120 g/mol. The van der Waals surface area contributed by atoms with Gasteiger partial charge >= 0.3 is 0 Å². The van der Waals surface area contributed by atoms with Crippen LogP contribution in [0.5, 0.6) is 0 Å². The maximum absolute atomic E-state index is 9.91. The van der Waals surface area contributed by atoms with E-state index in [-0.39, 0.29) is 0 Å². The van der Waals surface area contributed by atoms with E-state index in [4.69, 9.17) is 4.84 Å². The largest absolute Gasteiger partial charge is 0.326 e. The van der Waals surface area contributed by atoms with Gasteiger partial charge in [0.1, 0.15) is 0 Å². The van der Waals surface area contributed by atoms with Gasteiger partial charge in [0.2, 0.25) is 6.41 Å². The number of hydroxylamine groups is 1. The molecule has 4 heteroatoms. The molecule has 2 N–H and O–H groups in total. The molecule has 0 saturated heterocycles. The van der Waals surface area contributed by atoms with Crippen molar-refractivity contribution in [3.63, 3.8) is 0 Å². The third kappa shape index (κ3) is 1.20. The van der Waals surface area contributed by atoms with Gasteiger partial charge in [-0.3, -0.25) is 10.3 Å². The summed E-state index contributed by atoms with van der Waals surface area (Å²) in [6.07, 6.45) is 3.93. The normalized spacial score (nSPS) is 31.7. The molecule has 1 heterocycles. The minimum atomic E-state index is -0.665. The third-order valence-corrected chi connectivity index (χ3v) is 1.09. The van der Waals surface area contributed by atoms with E-state index >= 15 is 0 Å². The summed E-state index contributed by atoms with van der Waals surface area (Å²) < 4.78 is 0. The summed E-state index contributed by atoms with van der Waals surface area (Å²) >= 11 is 0. The molecular formula is C5H8N2O2. The number of hydrogen-bond acceptors (Lipinski definition) is 3. The van der Waals surface area contributed by atoms with Crippen molar-refractivity contribution in [1.82, 2.24) is 10.8 Å². The lowest BCUT2D eigenvalue weighted by Crippen LogP contribution is -2.41. The second-order valence-corrected chi connectivity index (χ2v) is 1.92. The van der Waals surface area contributed by atoms with Crippen LogP contribution in [0.15, 0.2) is 12.3 Å². The summed E-state index contributed by atoms with van der Waals surface area (Å²) in [6.45, 7) is 1.73. The molecule has 1 amide bonds. The first-order valence-electron chi connectivity index (χ1n) is 2.59. The second-order valence-electron chi connectivity index (χ2n) is 1.92. The van der Waals surface area contributed by atoms with Gasteiger partial charge in [-0.05, 0) is 13.0 Å². The van der Waals surface area contributed by atoms with Crippen molar-refractivity contribution in [2.45, 2.75) is 12.6 Å². The molecule has 1 unspecified atom stereocenters. The lowest BCUT2D eigenvalue weighted by atomic mass is 10.3. The molecule has 0 radical (unpaired) electrons. The van der Waals surface area contributed by atoms with Crippen LogP contribution < -0.4 is 10.8 Å². The Morgan fingerprint density at radius 1 is 1.89 bits per heavy atom. The quantitative estimate of drug-likeness (QED) is 0.493. The Balaban J connectivity index is 2.51. The fraction of sp³-hybridized carbons (Fsp3) is 0.400. The maximum atomic E-state index is 9.91. The van der Waals surface area contributed by atoms with E-state index < -0.39 is 5.72 Å². The monoisotopic (exact) mass is 128 g/mol. The molecule has 0 bridgehead atoms. The molecule has 0 aliphatic carbocycles. The summed E-state index contributed by atoms with van der Waals surface area (Å²) in [7, 11) is 0. The number of hydrogen-bond donors (Lipinski definition) is 2. The Kier molecular flexibility index (Phi) is 1.40. The Morgan fingerprint density at radius 3 is 3.11 bits per heavy atom. The molecule has 1 rings (SSSR count). The van der Waals surface area contributed by atoms with E-state index in [1.165, 1.54) is 0 Å². The second kappa shape index (κ2) is 2.06. The van der Waals surface area contributed by atoms with Gasteiger partial charge < -0.3 is 5.32 Å². The zero-order valence-corrected chi connectivity index (χ0v) is 5.05. The Bertz CT molecular complexity index is 146. The SMILES string of the molecule is CC1(NC=O)C=CNO1. The zero-order valence-electron chi connectivity index (χ0n) is 5.05. The number of rotatable bonds is 2. The van der Waals surface area contributed by atoms with E-state index in [0.29, 0.717) is 6.41 Å². The average molecular weight is 128 g/mol. The highest BCUT2D eigenvalue weighted by atomic mass is 16.7. The first-order valence-corrected chi connectivity index (χ1v) is 2.59. The lowest BCUT2D eigenvalue weighted by Gasteiger charge is -2.18. The highest BCUT2D eigenvalue weighted by Crippen LogP contribution is 2.08. The standard InChI is InChI=1S/C5H8N2O2/c1-5(6-4-8)2-3-7-9-5/h2-4,7H,1H3,(H,6,8). The molecule has 0 fully saturated rings. The third-order valence-electron chi connectivity index (χ3n) is 1.09. The van der Waals surface area contributed by atoms with Gasteiger partial charge in [-0.2, -0.15) is 0 Å². The minimum absolute atomic E-state index is 0.595. The van der Waals surface area contributed by atoms with Crippen LogP contribution in [0.1, 0.15) is 6.92 Å². The zero-order chi connectivity index (χ0) is 6.74. The number of amides is 1. The molecule has 1 aliphatic heterocycles. The van der Waals surface area contributed by atoms with Crippen LogP contribution in [0, 0.1) is 0 Å². The Morgan fingerprint density at radius 2 is 2.67 bits per heavy atom. The van der Waals surface area contributed by atoms with E-state index in [9.17, 15) is 4.79 Å². The van der Waals surface area contributed by atoms with Crippen LogP contribution in [-0.2, 0) is 9.63 Å². The summed E-state index contributed by atoms with van der Waals surface area (Å²) in [5.41, 5.74) is 1.83. The molecule has 4 nitrogen and oxygen atoms in total. The average Bonchev–Trinajstić information content (AvgIpc) is 2.16. The first kappa shape index (κ1) is 6.10. The van der Waals surface area contributed by atoms with Crippen molar-refractivity contribution in [3.8, 4) is 0 Å². The molecule has 0 saturated carbocycles. The van der Waals surface area contributed by atoms with Crippen molar-refractivity contribution in [3.05, 3.63) is 12.3 Å². The number of carbonyl (C=O) groups is 1. The van der Waals surface area contributed by atoms with Crippen LogP contribution in [0.25, 0.3) is 0 Å². The summed E-state index contributed by atoms with van der Waals surface area (Å²) in [6, 6.07) is 0. The highest BCUT2D eigenvalue weighted by Gasteiger charge is 2.23. The fourth-order valence-corrected chi connectivity index (χ4v) is 0.578. The van der Waals surface area contributed by atoms with Gasteiger partial charge in [0.05, 0.1) is 0 Å². The molecule has 1 atom stereocenters. The van der Waals surface area contributed by atoms with Crippen molar-refractivity contribution in [2.75, 3.05) is 0 Å². The smallest absolute Gasteiger partial charge is 0.209 e. The molecule has 1 aliphatic rings. The van der Waals surface area contributed by atoms with Gasteiger partial charge in [0, 0.05) is 6.20 Å². The van der Waals surface area contributed by atoms with Crippen molar-refractivity contribution >= 4 is 6.41 Å². The number of nitrogens with one attached hydrogen (secondary N) is 2. The fourth-order valence-electron chi connectivity index (χ4n) is 0.578. The van der Waals surface area contributed by atoms with Crippen LogP contribution in [0.3, 0.4) is 0 Å². The molecule has 0 aromatic rings. The van der Waals surface area contributed by atoms with Gasteiger partial charge in [0.15, 0.2) is 5.72 Å². The van der Waals surface area contributed by atoms with Gasteiger partial charge in [0.25, 0.3) is 0 Å². The molecule has 0 aromatic carbocycles. The first-order chi connectivity index (χ1) is 4.27. The van der Waals surface area contributed by atoms with Gasteiger partial charge in [-0.15, -0.1) is 0 Å². The summed E-state index contributed by atoms with van der Waals surface area (Å²) in [4.78, 5) is 14.8. The van der Waals surface area contributed by atoms with Crippen molar-refractivity contribution in [2.24, 2.45) is 0 Å². The maximum Gasteiger partial charge on any atom is 0.209 e. The topological polar surface area (TPSA) is 50.4 Å². The van der Waals surface area contributed by atoms with E-state index in [0.717, 1.165) is 0 Å². The molecule has 50 valence electrons. The highest BCUT2D eigenvalue weighted by molar-refractivity contribution is 5.48. The molecule has 0 aromatic heterocycles. The van der Waals surface area contributed by atoms with Crippen LogP contribution in [0.4, 0.5) is 0 Å². The van der Waals surface area contributed by atoms with E-state index in [2.05, 4.69) is 10.8 Å². The van der Waals surface area contributed by atoms with E-state index in [1.807, 2.05) is 0 Å². The van der Waals surface area contributed by atoms with Crippen molar-refractivity contribution < 1.29 is 9.63 Å². The van der Waals surface area contributed by atoms with Crippen LogP contribution >= 0.6 is 0 Å². The summed E-state index contributed by atoms with van der Waals surface area (Å²) in [5, 5.41) is 2.47. The predicted molar refractivity (Wildman–Crippen MR) is 31.0 cm³/mol. The lowest BCUT2D eigenvalue weighted by molar-refractivity contribution is -0.118. The molecule has 0 spiro atoms. The predicted octanol–water partition coefficient (Wildman–Crippen LogP) is -0.503. The Hall–Kier alpha value is -1.03. The van der Waals surface area contributed by atoms with E-state index in [1.54, 1.807) is 19.2 Å². The summed E-state index contributed by atoms with van der Waals surface area (Å²) in [5.74, 6) is 0. The van der Waals surface area contributed by atoms with Crippen LogP contribution in [0.2, 0.25) is 0 Å². The van der Waals surface area contributed by atoms with Gasteiger partial charge in [-0.1, -0.05) is 0 Å². The Labute approximate surface area is 52.8 Å². The number of carbonyl (C=O) groups excluding carboxylic acids is 1. The molecule has 9 heavy (non-hydrogen) atoms.